The Labute approximate surface area is 638 Å². The summed E-state index contributed by atoms with van der Waals surface area (Å²) in [5.41, 5.74) is 27.5. The van der Waals surface area contributed by atoms with Gasteiger partial charge < -0.3 is 27.4 Å². The minimum absolute atomic E-state index is 0.455. The molecule has 8 heteroatoms. The molecule has 21 rings (SSSR count). The highest BCUT2D eigenvalue weighted by atomic mass is 15.0. The summed E-state index contributed by atoms with van der Waals surface area (Å²) in [5, 5.41) is 24.5. The maximum absolute atomic E-state index is 9.61. The van der Waals surface area contributed by atoms with Gasteiger partial charge in [-0.1, -0.05) is 217 Å². The van der Waals surface area contributed by atoms with E-state index in [1.54, 1.807) is 6.07 Å². The molecule has 526 valence electrons. The predicted molar refractivity (Wildman–Crippen MR) is 463 cm³/mol. The van der Waals surface area contributed by atoms with Gasteiger partial charge in [-0.15, -0.1) is 0 Å². The van der Waals surface area contributed by atoms with Gasteiger partial charge in [0.05, 0.1) is 78.8 Å². The molecule has 0 N–H and O–H groups in total. The minimum atomic E-state index is 0.455. The summed E-state index contributed by atoms with van der Waals surface area (Å²) in [5.74, 6) is 0.962. The average molecular weight is 1420 g/mol. The Morgan fingerprint density at radius 2 is 0.536 bits per heavy atom. The largest absolute Gasteiger partial charge is 0.310 e. The third kappa shape index (κ3) is 11.0. The molecule has 0 aliphatic carbocycles. The van der Waals surface area contributed by atoms with Gasteiger partial charge in [-0.2, -0.15) is 5.26 Å². The van der Waals surface area contributed by atoms with Gasteiger partial charge in [-0.05, 0) is 199 Å². The van der Waals surface area contributed by atoms with Gasteiger partial charge in [0.1, 0.15) is 0 Å². The van der Waals surface area contributed by atoms with Crippen molar-refractivity contribution < 1.29 is 0 Å². The first-order valence-corrected chi connectivity index (χ1v) is 38.3. The fraction of sp³-hybridized carbons (Fsp3) is 0.0980. The van der Waals surface area contributed by atoms with E-state index in [2.05, 4.69) is 377 Å². The van der Waals surface area contributed by atoms with Crippen molar-refractivity contribution in [2.45, 2.75) is 66.2 Å². The molecule has 6 heterocycles. The SMILES string of the molecule is CC(C)c1cccc(-n2c3ccccc3c3cc4c(cc32)c2ccccc2n4-c2cccc(C(C)C)c2)c1.CCc1cccc(-n2c3ccccc3c3cc4c(cc32)c2ccccc2n4-c2cccc(CC)c2)c1.[C-]#[N+]c1cc(C#N)cc(-n2c3ccccc3c3cc4c(cc32)c2ccccc2n4-c2ccccc2)c1. The van der Waals surface area contributed by atoms with Crippen molar-refractivity contribution in [2.75, 3.05) is 0 Å². The Bertz CT molecular complexity index is 7030. The number of aromatic nitrogens is 6. The van der Waals surface area contributed by atoms with Crippen LogP contribution in [0, 0.1) is 17.9 Å². The first-order chi connectivity index (χ1) is 54.0. The van der Waals surface area contributed by atoms with Crippen LogP contribution in [0.25, 0.3) is 170 Å². The number of aryl methyl sites for hydroxylation is 2. The van der Waals surface area contributed by atoms with Gasteiger partial charge in [0.15, 0.2) is 5.69 Å². The molecule has 8 nitrogen and oxygen atoms in total. The first-order valence-electron chi connectivity index (χ1n) is 38.3. The van der Waals surface area contributed by atoms with Crippen LogP contribution < -0.4 is 0 Å². The van der Waals surface area contributed by atoms with Gasteiger partial charge in [0.2, 0.25) is 0 Å². The van der Waals surface area contributed by atoms with Crippen LogP contribution in [0.15, 0.2) is 328 Å². The first kappa shape index (κ1) is 66.7. The van der Waals surface area contributed by atoms with Crippen molar-refractivity contribution in [1.82, 2.24) is 27.4 Å². The maximum atomic E-state index is 9.61. The molecule has 6 aromatic heterocycles. The number of nitriles is 1. The minimum Gasteiger partial charge on any atom is -0.310 e. The van der Waals surface area contributed by atoms with E-state index < -0.39 is 0 Å². The van der Waals surface area contributed by atoms with Gasteiger partial charge in [-0.25, -0.2) is 4.85 Å². The zero-order valence-electron chi connectivity index (χ0n) is 62.3. The standard InChI is InChI=1S/C36H32N2.C34H28N2.C32H18N4/c1-23(2)25-11-9-13-27(19-25)37-33-17-7-5-15-29(33)31-22-36-32(21-35(31)37)30-16-6-8-18-34(30)38(36)28-14-10-12-26(20-28)24(3)4;1-3-23-11-9-13-25(19-23)35-31-17-7-5-15-27(31)29-22-34-30(21-33(29)35)28-16-6-8-18-32(28)36(34)26-14-10-12-24(4-2)20-26;1-34-22-15-21(20-33)16-24(17-22)36-30-14-8-6-12-26(30)28-18-31-27(19-32(28)36)25-11-5-7-13-29(25)35(31)23-9-3-2-4-10-23/h5-24H,1-4H3;5-22H,3-4H2,1-2H3;2-19H. The highest BCUT2D eigenvalue weighted by Crippen LogP contribution is 2.45. The zero-order chi connectivity index (χ0) is 74.4. The normalized spacial score (nSPS) is 11.8. The fourth-order valence-electron chi connectivity index (χ4n) is 17.3. The summed E-state index contributed by atoms with van der Waals surface area (Å²) in [7, 11) is 0. The molecular weight excluding hydrogens is 1340 g/mol. The molecule has 0 unspecified atom stereocenters. The number of rotatable bonds is 10. The van der Waals surface area contributed by atoms with Gasteiger partial charge in [-0.3, -0.25) is 0 Å². The van der Waals surface area contributed by atoms with Crippen molar-refractivity contribution in [3.8, 4) is 40.2 Å². The molecule has 0 radical (unpaired) electrons. The highest BCUT2D eigenvalue weighted by molar-refractivity contribution is 6.22. The number of para-hydroxylation sites is 7. The lowest BCUT2D eigenvalue weighted by Crippen LogP contribution is -1.97. The number of hydrogen-bond acceptors (Lipinski definition) is 1. The molecule has 0 amide bonds. The zero-order valence-corrected chi connectivity index (χ0v) is 62.3. The van der Waals surface area contributed by atoms with E-state index in [0.29, 0.717) is 23.1 Å². The van der Waals surface area contributed by atoms with E-state index in [1.807, 2.05) is 24.3 Å². The Morgan fingerprint density at radius 3 is 0.836 bits per heavy atom. The number of nitrogens with zero attached hydrogens (tertiary/aromatic N) is 8. The van der Waals surface area contributed by atoms with Crippen LogP contribution in [0.3, 0.4) is 0 Å². The van der Waals surface area contributed by atoms with Crippen LogP contribution in [0.2, 0.25) is 0 Å². The second-order valence-corrected chi connectivity index (χ2v) is 29.6. The highest BCUT2D eigenvalue weighted by Gasteiger charge is 2.24. The molecule has 15 aromatic carbocycles. The second kappa shape index (κ2) is 27.1. The van der Waals surface area contributed by atoms with Gasteiger partial charge in [0, 0.05) is 104 Å². The summed E-state index contributed by atoms with van der Waals surface area (Å²) < 4.78 is 14.3. The second-order valence-electron chi connectivity index (χ2n) is 29.6. The molecule has 110 heavy (non-hydrogen) atoms. The monoisotopic (exact) mass is 1410 g/mol. The molecule has 0 fully saturated rings. The summed E-state index contributed by atoms with van der Waals surface area (Å²) in [6.45, 7) is 21.0. The van der Waals surface area contributed by atoms with Crippen molar-refractivity contribution in [1.29, 1.82) is 5.26 Å². The van der Waals surface area contributed by atoms with E-state index in [9.17, 15) is 5.26 Å². The van der Waals surface area contributed by atoms with Crippen LogP contribution in [0.1, 0.15) is 81.2 Å². The lowest BCUT2D eigenvalue weighted by molar-refractivity contribution is 0.864. The summed E-state index contributed by atoms with van der Waals surface area (Å²) in [6, 6.07) is 120. The molecule has 0 bridgehead atoms. The van der Waals surface area contributed by atoms with Crippen LogP contribution in [0.4, 0.5) is 5.69 Å². The lowest BCUT2D eigenvalue weighted by Gasteiger charge is -2.13. The third-order valence-corrected chi connectivity index (χ3v) is 22.6. The van der Waals surface area contributed by atoms with E-state index in [4.69, 9.17) is 6.57 Å². The average Bonchev–Trinajstić information content (AvgIpc) is 1.57. The molecule has 0 aliphatic rings. The summed E-state index contributed by atoms with van der Waals surface area (Å²) in [6.07, 6.45) is 2.05. The van der Waals surface area contributed by atoms with Gasteiger partial charge in [0.25, 0.3) is 0 Å². The number of benzene rings is 15. The van der Waals surface area contributed by atoms with E-state index in [1.165, 1.54) is 138 Å². The molecule has 0 saturated carbocycles. The van der Waals surface area contributed by atoms with Crippen LogP contribution in [-0.2, 0) is 12.8 Å². The van der Waals surface area contributed by atoms with E-state index in [-0.39, 0.29) is 0 Å². The quantitative estimate of drug-likeness (QED) is 0.126. The molecule has 21 aromatic rings. The molecule has 0 spiro atoms. The molecule has 0 atom stereocenters. The number of fused-ring (bicyclic) bond motifs is 18. The van der Waals surface area contributed by atoms with Crippen molar-refractivity contribution in [2.24, 2.45) is 0 Å². The van der Waals surface area contributed by atoms with E-state index >= 15 is 0 Å². The topological polar surface area (TPSA) is 57.7 Å². The van der Waals surface area contributed by atoms with E-state index in [0.717, 1.165) is 62.4 Å². The fourth-order valence-corrected chi connectivity index (χ4v) is 17.3. The van der Waals surface area contributed by atoms with Crippen LogP contribution in [0.5, 0.6) is 0 Å². The smallest absolute Gasteiger partial charge is 0.190 e. The van der Waals surface area contributed by atoms with Crippen LogP contribution >= 0.6 is 0 Å². The van der Waals surface area contributed by atoms with Crippen molar-refractivity contribution >= 4 is 137 Å². The van der Waals surface area contributed by atoms with Crippen LogP contribution in [-0.4, -0.2) is 27.4 Å². The Morgan fingerprint density at radius 1 is 0.264 bits per heavy atom. The van der Waals surface area contributed by atoms with Crippen molar-refractivity contribution in [3.63, 3.8) is 0 Å². The van der Waals surface area contributed by atoms with Crippen molar-refractivity contribution in [3.05, 3.63) is 367 Å². The summed E-state index contributed by atoms with van der Waals surface area (Å²) in [4.78, 5) is 3.62. The molecular formula is C102H78N8. The predicted octanol–water partition coefficient (Wildman–Crippen LogP) is 27.4. The Kier molecular flexibility index (Phi) is 16.5. The van der Waals surface area contributed by atoms with Gasteiger partial charge >= 0.3 is 0 Å². The maximum Gasteiger partial charge on any atom is 0.190 e. The number of hydrogen-bond donors (Lipinski definition) is 0. The summed E-state index contributed by atoms with van der Waals surface area (Å²) >= 11 is 0. The molecule has 0 saturated heterocycles. The Balaban J connectivity index is 0.000000112. The Hall–Kier alpha value is -13.9. The molecule has 0 aliphatic heterocycles. The third-order valence-electron chi connectivity index (χ3n) is 22.6. The lowest BCUT2D eigenvalue weighted by atomic mass is 10.0.